The third-order valence-corrected chi connectivity index (χ3v) is 2.89. The number of phenols is 1. The zero-order valence-electron chi connectivity index (χ0n) is 9.96. The lowest BCUT2D eigenvalue weighted by Gasteiger charge is -2.23. The largest absolute Gasteiger partial charge is 0.507 e. The summed E-state index contributed by atoms with van der Waals surface area (Å²) in [5.41, 5.74) is -1.50. The van der Waals surface area contributed by atoms with Crippen LogP contribution in [0.4, 0.5) is 0 Å². The summed E-state index contributed by atoms with van der Waals surface area (Å²) in [5, 5.41) is 20.0. The van der Waals surface area contributed by atoms with Crippen molar-refractivity contribution < 1.29 is 19.7 Å². The smallest absolute Gasteiger partial charge is 0.202 e. The number of aromatic hydroxyl groups is 1. The van der Waals surface area contributed by atoms with E-state index in [9.17, 15) is 15.0 Å². The van der Waals surface area contributed by atoms with Crippen LogP contribution in [0.15, 0.2) is 42.5 Å². The number of benzene rings is 1. The lowest BCUT2D eigenvalue weighted by molar-refractivity contribution is 0.0532. The fraction of sp³-hybridized carbons (Fsp3) is 0.214. The molecule has 1 unspecified atom stereocenters. The summed E-state index contributed by atoms with van der Waals surface area (Å²) in [5.74, 6) is -0.269. The number of allylic oxidation sites excluding steroid dienone is 2. The third kappa shape index (κ3) is 2.15. The monoisotopic (exact) mass is 246 g/mol. The van der Waals surface area contributed by atoms with E-state index >= 15 is 0 Å². The second-order valence-corrected chi connectivity index (χ2v) is 4.13. The van der Waals surface area contributed by atoms with Crippen LogP contribution in [0.25, 0.3) is 0 Å². The second kappa shape index (κ2) is 4.66. The number of Topliss-reactive ketones (excluding diaryl/α,β-unsaturated/α-hetero) is 1. The van der Waals surface area contributed by atoms with Gasteiger partial charge in [-0.1, -0.05) is 18.2 Å². The van der Waals surface area contributed by atoms with Gasteiger partial charge in [-0.05, 0) is 18.2 Å². The van der Waals surface area contributed by atoms with Gasteiger partial charge in [0.25, 0.3) is 0 Å². The Balaban J connectivity index is 2.34. The molecule has 1 aliphatic rings. The molecule has 0 heterocycles. The summed E-state index contributed by atoms with van der Waals surface area (Å²) >= 11 is 0. The summed E-state index contributed by atoms with van der Waals surface area (Å²) in [6.07, 6.45) is 6.71. The van der Waals surface area contributed by atoms with Crippen molar-refractivity contribution in [3.63, 3.8) is 0 Å². The lowest BCUT2D eigenvalue weighted by atomic mass is 9.87. The molecule has 0 fully saturated rings. The van der Waals surface area contributed by atoms with Crippen LogP contribution in [0.1, 0.15) is 16.8 Å². The Morgan fingerprint density at radius 1 is 1.39 bits per heavy atom. The van der Waals surface area contributed by atoms with Crippen molar-refractivity contribution in [2.45, 2.75) is 12.0 Å². The van der Waals surface area contributed by atoms with E-state index in [2.05, 4.69) is 0 Å². The number of ether oxygens (including phenoxy) is 1. The van der Waals surface area contributed by atoms with Crippen LogP contribution in [0.3, 0.4) is 0 Å². The zero-order chi connectivity index (χ0) is 13.2. The molecule has 0 aromatic heterocycles. The number of rotatable bonds is 3. The van der Waals surface area contributed by atoms with Crippen molar-refractivity contribution in [3.05, 3.63) is 48.1 Å². The maximum Gasteiger partial charge on any atom is 0.202 e. The van der Waals surface area contributed by atoms with Gasteiger partial charge in [-0.25, -0.2) is 0 Å². The van der Waals surface area contributed by atoms with Crippen molar-refractivity contribution in [3.8, 4) is 11.5 Å². The molecule has 0 radical (unpaired) electrons. The normalized spacial score (nSPS) is 21.9. The molecule has 2 rings (SSSR count). The Bertz CT molecular complexity index is 531. The molecule has 2 N–H and O–H groups in total. The fourth-order valence-electron chi connectivity index (χ4n) is 1.84. The second-order valence-electron chi connectivity index (χ2n) is 4.13. The zero-order valence-corrected chi connectivity index (χ0v) is 9.96. The number of carbonyl (C=O) groups is 1. The standard InChI is InChI=1S/C14H14O4/c1-18-10-5-6-11(12(15)9-10)13(16)14(17)7-3-2-4-8-14/h2-7,9,15,17H,8H2,1H3. The van der Waals surface area contributed by atoms with Gasteiger partial charge in [0.2, 0.25) is 5.78 Å². The first kappa shape index (κ1) is 12.4. The van der Waals surface area contributed by atoms with Crippen LogP contribution in [0.2, 0.25) is 0 Å². The van der Waals surface area contributed by atoms with Crippen molar-refractivity contribution in [1.82, 2.24) is 0 Å². The van der Waals surface area contributed by atoms with E-state index in [1.165, 1.54) is 25.3 Å². The Morgan fingerprint density at radius 2 is 2.17 bits per heavy atom. The highest BCUT2D eigenvalue weighted by molar-refractivity contribution is 6.06. The Morgan fingerprint density at radius 3 is 2.72 bits per heavy atom. The van der Waals surface area contributed by atoms with Crippen molar-refractivity contribution >= 4 is 5.78 Å². The molecular formula is C14H14O4. The predicted octanol–water partition coefficient (Wildman–Crippen LogP) is 1.83. The van der Waals surface area contributed by atoms with Crippen LogP contribution < -0.4 is 4.74 Å². The van der Waals surface area contributed by atoms with E-state index in [-0.39, 0.29) is 17.7 Å². The Hall–Kier alpha value is -2.07. The summed E-state index contributed by atoms with van der Waals surface area (Å²) in [7, 11) is 1.47. The van der Waals surface area contributed by atoms with Gasteiger partial charge in [-0.15, -0.1) is 0 Å². The minimum Gasteiger partial charge on any atom is -0.507 e. The van der Waals surface area contributed by atoms with E-state index in [1.807, 2.05) is 0 Å². The highest BCUT2D eigenvalue weighted by atomic mass is 16.5. The first-order valence-electron chi connectivity index (χ1n) is 5.55. The summed E-state index contributed by atoms with van der Waals surface area (Å²) < 4.78 is 4.94. The maximum absolute atomic E-state index is 12.2. The molecule has 1 aliphatic carbocycles. The van der Waals surface area contributed by atoms with Gasteiger partial charge in [0.15, 0.2) is 0 Å². The maximum atomic E-state index is 12.2. The van der Waals surface area contributed by atoms with Gasteiger partial charge in [-0.2, -0.15) is 0 Å². The predicted molar refractivity (Wildman–Crippen MR) is 66.8 cm³/mol. The molecule has 1 atom stereocenters. The van der Waals surface area contributed by atoms with E-state index in [4.69, 9.17) is 4.74 Å². The molecule has 0 saturated carbocycles. The van der Waals surface area contributed by atoms with Crippen LogP contribution in [-0.2, 0) is 0 Å². The number of hydrogen-bond acceptors (Lipinski definition) is 4. The number of ketones is 1. The van der Waals surface area contributed by atoms with Crippen LogP contribution >= 0.6 is 0 Å². The number of aliphatic hydroxyl groups is 1. The topological polar surface area (TPSA) is 66.8 Å². The number of hydrogen-bond donors (Lipinski definition) is 2. The molecule has 94 valence electrons. The highest BCUT2D eigenvalue weighted by Crippen LogP contribution is 2.29. The minimum absolute atomic E-state index is 0.0817. The number of carbonyl (C=O) groups excluding carboxylic acids is 1. The fourth-order valence-corrected chi connectivity index (χ4v) is 1.84. The van der Waals surface area contributed by atoms with Crippen LogP contribution in [-0.4, -0.2) is 28.7 Å². The molecule has 4 heteroatoms. The van der Waals surface area contributed by atoms with Crippen molar-refractivity contribution in [2.75, 3.05) is 7.11 Å². The SMILES string of the molecule is COc1ccc(C(=O)C2(O)C=CC=CC2)c(O)c1. The van der Waals surface area contributed by atoms with Gasteiger partial charge >= 0.3 is 0 Å². The first-order chi connectivity index (χ1) is 8.57. The summed E-state index contributed by atoms with van der Waals surface area (Å²) in [4.78, 5) is 12.2. The van der Waals surface area contributed by atoms with Crippen LogP contribution in [0, 0.1) is 0 Å². The van der Waals surface area contributed by atoms with Gasteiger partial charge in [-0.3, -0.25) is 4.79 Å². The average molecular weight is 246 g/mol. The molecule has 0 saturated heterocycles. The minimum atomic E-state index is -1.58. The molecule has 0 aliphatic heterocycles. The van der Waals surface area contributed by atoms with Crippen molar-refractivity contribution in [2.24, 2.45) is 0 Å². The Kier molecular flexibility index (Phi) is 3.21. The van der Waals surface area contributed by atoms with Gasteiger partial charge < -0.3 is 14.9 Å². The average Bonchev–Trinajstić information content (AvgIpc) is 2.38. The highest BCUT2D eigenvalue weighted by Gasteiger charge is 2.35. The van der Waals surface area contributed by atoms with E-state index in [0.29, 0.717) is 5.75 Å². The first-order valence-corrected chi connectivity index (χ1v) is 5.55. The molecule has 18 heavy (non-hydrogen) atoms. The molecular weight excluding hydrogens is 232 g/mol. The quantitative estimate of drug-likeness (QED) is 0.798. The summed E-state index contributed by atoms with van der Waals surface area (Å²) in [6.45, 7) is 0. The van der Waals surface area contributed by atoms with E-state index in [0.717, 1.165) is 0 Å². The number of methoxy groups -OCH3 is 1. The molecule has 0 bridgehead atoms. The Labute approximate surface area is 105 Å². The molecule has 1 aromatic carbocycles. The molecule has 0 amide bonds. The third-order valence-electron chi connectivity index (χ3n) is 2.89. The van der Waals surface area contributed by atoms with E-state index < -0.39 is 11.4 Å². The van der Waals surface area contributed by atoms with E-state index in [1.54, 1.807) is 24.3 Å². The number of phenolic OH excluding ortho intramolecular Hbond substituents is 1. The molecule has 4 nitrogen and oxygen atoms in total. The van der Waals surface area contributed by atoms with Crippen LogP contribution in [0.5, 0.6) is 11.5 Å². The van der Waals surface area contributed by atoms with Gasteiger partial charge in [0, 0.05) is 12.5 Å². The summed E-state index contributed by atoms with van der Waals surface area (Å²) in [6, 6.07) is 4.36. The molecule has 1 aromatic rings. The van der Waals surface area contributed by atoms with Gasteiger partial charge in [0.05, 0.1) is 12.7 Å². The lowest BCUT2D eigenvalue weighted by Crippen LogP contribution is -2.36. The van der Waals surface area contributed by atoms with Crippen molar-refractivity contribution in [1.29, 1.82) is 0 Å². The van der Waals surface area contributed by atoms with Gasteiger partial charge in [0.1, 0.15) is 17.1 Å². The molecule has 0 spiro atoms.